The first-order chi connectivity index (χ1) is 12.5. The first kappa shape index (κ1) is 20.7. The summed E-state index contributed by atoms with van der Waals surface area (Å²) in [5.74, 6) is 0. The van der Waals surface area contributed by atoms with E-state index in [1.54, 1.807) is 29.6 Å². The molecule has 0 radical (unpaired) electrons. The lowest BCUT2D eigenvalue weighted by atomic mass is 10.2. The minimum atomic E-state index is -3.67. The topological polar surface area (TPSA) is 49.4 Å². The first-order valence-electron chi connectivity index (χ1n) is 8.14. The molecule has 1 aliphatic heterocycles. The second-order valence-corrected chi connectivity index (χ2v) is 9.77. The van der Waals surface area contributed by atoms with Crippen molar-refractivity contribution in [2.45, 2.75) is 9.79 Å². The van der Waals surface area contributed by atoms with E-state index in [2.05, 4.69) is 10.2 Å². The molecule has 1 N–H and O–H groups in total. The minimum absolute atomic E-state index is 0. The fourth-order valence-corrected chi connectivity index (χ4v) is 6.56. The predicted octanol–water partition coefficient (Wildman–Crippen LogP) is 4.87. The zero-order chi connectivity index (χ0) is 18.3. The van der Waals surface area contributed by atoms with Crippen LogP contribution in [-0.2, 0) is 9.84 Å². The highest BCUT2D eigenvalue weighted by Gasteiger charge is 2.25. The molecule has 0 saturated carbocycles. The number of nitrogens with one attached hydrogen (secondary N) is 1. The predicted molar refractivity (Wildman–Crippen MR) is 116 cm³/mol. The van der Waals surface area contributed by atoms with Crippen LogP contribution < -0.4 is 10.2 Å². The quantitative estimate of drug-likeness (QED) is 0.602. The van der Waals surface area contributed by atoms with Crippen LogP contribution in [0.3, 0.4) is 0 Å². The molecule has 27 heavy (non-hydrogen) atoms. The van der Waals surface area contributed by atoms with Gasteiger partial charge in [0.2, 0.25) is 9.84 Å². The smallest absolute Gasteiger partial charge is 0.208 e. The van der Waals surface area contributed by atoms with Crippen LogP contribution in [-0.4, -0.2) is 34.6 Å². The number of hydrogen-bond acceptors (Lipinski definition) is 5. The van der Waals surface area contributed by atoms with Crippen molar-refractivity contribution < 1.29 is 8.42 Å². The van der Waals surface area contributed by atoms with Gasteiger partial charge < -0.3 is 10.2 Å². The first-order valence-corrected chi connectivity index (χ1v) is 11.3. The van der Waals surface area contributed by atoms with E-state index in [4.69, 9.17) is 23.2 Å². The third kappa shape index (κ3) is 3.92. The highest BCUT2D eigenvalue weighted by atomic mass is 35.5. The van der Waals surface area contributed by atoms with Crippen LogP contribution in [0.15, 0.2) is 51.6 Å². The second-order valence-electron chi connectivity index (χ2n) is 6.10. The number of rotatable bonds is 3. The molecule has 0 aliphatic carbocycles. The summed E-state index contributed by atoms with van der Waals surface area (Å²) in [6.07, 6.45) is 0. The lowest BCUT2D eigenvalue weighted by Gasteiger charge is -2.30. The van der Waals surface area contributed by atoms with Crippen molar-refractivity contribution in [2.24, 2.45) is 0 Å². The lowest BCUT2D eigenvalue weighted by molar-refractivity contribution is 0.590. The van der Waals surface area contributed by atoms with Crippen molar-refractivity contribution in [3.05, 3.63) is 51.8 Å². The van der Waals surface area contributed by atoms with Gasteiger partial charge in [-0.1, -0.05) is 29.3 Å². The molecular weight excluding hydrogens is 447 g/mol. The van der Waals surface area contributed by atoms with Gasteiger partial charge in [-0.3, -0.25) is 0 Å². The highest BCUT2D eigenvalue weighted by Crippen LogP contribution is 2.41. The van der Waals surface area contributed by atoms with Crippen LogP contribution >= 0.6 is 46.9 Å². The third-order valence-corrected chi connectivity index (χ3v) is 7.85. The second kappa shape index (κ2) is 8.15. The standard InChI is InChI=1S/C18H16Cl2N2O2S2.ClH/c19-12-2-1-3-14(8-12)26(23,24)17-11-25-18-15(17)9-13(20)10-16(18)22-6-4-21-5-7-22;/h1-3,8-11,21H,4-7H2;1H. The van der Waals surface area contributed by atoms with Crippen LogP contribution in [0.5, 0.6) is 0 Å². The van der Waals surface area contributed by atoms with Gasteiger partial charge in [0.05, 0.1) is 20.2 Å². The largest absolute Gasteiger partial charge is 0.368 e. The molecule has 0 bridgehead atoms. The molecule has 9 heteroatoms. The average molecular weight is 464 g/mol. The molecule has 2 heterocycles. The summed E-state index contributed by atoms with van der Waals surface area (Å²) in [7, 11) is -3.67. The maximum atomic E-state index is 13.1. The Morgan fingerprint density at radius 1 is 1.04 bits per heavy atom. The van der Waals surface area contributed by atoms with Crippen LogP contribution in [0.1, 0.15) is 0 Å². The summed E-state index contributed by atoms with van der Waals surface area (Å²) in [4.78, 5) is 2.71. The number of nitrogens with zero attached hydrogens (tertiary/aromatic N) is 1. The number of anilines is 1. The van der Waals surface area contributed by atoms with Crippen molar-refractivity contribution in [2.75, 3.05) is 31.1 Å². The fourth-order valence-electron chi connectivity index (χ4n) is 3.17. The third-order valence-electron chi connectivity index (χ3n) is 4.44. The molecule has 2 aromatic carbocycles. The number of hydrogen-bond donors (Lipinski definition) is 1. The van der Waals surface area contributed by atoms with Crippen LogP contribution in [0.2, 0.25) is 10.0 Å². The Bertz CT molecular complexity index is 1080. The molecule has 0 spiro atoms. The lowest BCUT2D eigenvalue weighted by Crippen LogP contribution is -2.43. The van der Waals surface area contributed by atoms with E-state index in [1.165, 1.54) is 17.4 Å². The minimum Gasteiger partial charge on any atom is -0.368 e. The molecule has 1 aliphatic rings. The summed E-state index contributed by atoms with van der Waals surface area (Å²) in [6.45, 7) is 3.52. The summed E-state index contributed by atoms with van der Waals surface area (Å²) < 4.78 is 27.2. The Balaban J connectivity index is 0.00000210. The molecule has 4 rings (SSSR count). The van der Waals surface area contributed by atoms with Gasteiger partial charge in [-0.15, -0.1) is 23.7 Å². The molecule has 4 nitrogen and oxygen atoms in total. The van der Waals surface area contributed by atoms with Gasteiger partial charge in [0.1, 0.15) is 0 Å². The molecule has 1 aromatic heterocycles. The van der Waals surface area contributed by atoms with Crippen LogP contribution in [0, 0.1) is 0 Å². The van der Waals surface area contributed by atoms with Gasteiger partial charge >= 0.3 is 0 Å². The van der Waals surface area contributed by atoms with E-state index in [0.717, 1.165) is 36.6 Å². The highest BCUT2D eigenvalue weighted by molar-refractivity contribution is 7.92. The van der Waals surface area contributed by atoms with Crippen molar-refractivity contribution >= 4 is 72.6 Å². The van der Waals surface area contributed by atoms with Gasteiger partial charge in [-0.05, 0) is 30.3 Å². The number of halogens is 3. The summed E-state index contributed by atoms with van der Waals surface area (Å²) >= 11 is 13.8. The Morgan fingerprint density at radius 3 is 2.48 bits per heavy atom. The van der Waals surface area contributed by atoms with Crippen LogP contribution in [0.25, 0.3) is 10.1 Å². The molecule has 0 atom stereocenters. The number of piperazine rings is 1. The Morgan fingerprint density at radius 2 is 1.78 bits per heavy atom. The SMILES string of the molecule is Cl.O=S(=O)(c1cccc(Cl)c1)c1csc2c(N3CCNCC3)cc(Cl)cc12. The normalized spacial score (nSPS) is 15.0. The molecule has 144 valence electrons. The van der Waals surface area contributed by atoms with E-state index >= 15 is 0 Å². The molecule has 1 saturated heterocycles. The van der Waals surface area contributed by atoms with Gasteiger partial charge in [-0.2, -0.15) is 0 Å². The van der Waals surface area contributed by atoms with E-state index in [9.17, 15) is 8.42 Å². The summed E-state index contributed by atoms with van der Waals surface area (Å²) in [6, 6.07) is 9.99. The number of benzene rings is 2. The zero-order valence-corrected chi connectivity index (χ0v) is 18.1. The Labute approximate surface area is 178 Å². The average Bonchev–Trinajstić information content (AvgIpc) is 3.06. The zero-order valence-electron chi connectivity index (χ0n) is 14.1. The molecule has 0 amide bonds. The fraction of sp³-hybridized carbons (Fsp3) is 0.222. The number of thiophene rings is 1. The van der Waals surface area contributed by atoms with Crippen molar-refractivity contribution in [1.82, 2.24) is 5.32 Å². The Hall–Kier alpha value is -1.02. The number of sulfone groups is 1. The molecule has 3 aromatic rings. The van der Waals surface area contributed by atoms with E-state index in [-0.39, 0.29) is 22.2 Å². The van der Waals surface area contributed by atoms with Gasteiger partial charge in [0.25, 0.3) is 0 Å². The van der Waals surface area contributed by atoms with E-state index in [1.807, 2.05) is 6.07 Å². The number of fused-ring (bicyclic) bond motifs is 1. The van der Waals surface area contributed by atoms with Crippen LogP contribution in [0.4, 0.5) is 5.69 Å². The van der Waals surface area contributed by atoms with Gasteiger partial charge in [-0.25, -0.2) is 8.42 Å². The molecule has 1 fully saturated rings. The maximum Gasteiger partial charge on any atom is 0.208 e. The van der Waals surface area contributed by atoms with Gasteiger partial charge in [0.15, 0.2) is 0 Å². The molecular formula is C18H17Cl3N2O2S2. The maximum absolute atomic E-state index is 13.1. The van der Waals surface area contributed by atoms with Crippen molar-refractivity contribution in [3.8, 4) is 0 Å². The summed E-state index contributed by atoms with van der Waals surface area (Å²) in [5, 5.41) is 6.61. The Kier molecular flexibility index (Phi) is 6.25. The van der Waals surface area contributed by atoms with Crippen molar-refractivity contribution in [1.29, 1.82) is 0 Å². The van der Waals surface area contributed by atoms with E-state index < -0.39 is 9.84 Å². The molecule has 0 unspecified atom stereocenters. The van der Waals surface area contributed by atoms with Gasteiger partial charge in [0, 0.05) is 47.0 Å². The monoisotopic (exact) mass is 462 g/mol. The van der Waals surface area contributed by atoms with E-state index in [0.29, 0.717) is 15.4 Å². The summed E-state index contributed by atoms with van der Waals surface area (Å²) in [5.41, 5.74) is 0.992. The van der Waals surface area contributed by atoms with Crippen molar-refractivity contribution in [3.63, 3.8) is 0 Å².